The lowest BCUT2D eigenvalue weighted by Gasteiger charge is -2.20. The van der Waals surface area contributed by atoms with Crippen molar-refractivity contribution in [2.75, 3.05) is 33.1 Å². The number of carbonyl (C=O) groups is 2. The average molecular weight is 429 g/mol. The van der Waals surface area contributed by atoms with Crippen LogP contribution >= 0.6 is 0 Å². The second-order valence-electron chi connectivity index (χ2n) is 8.26. The summed E-state index contributed by atoms with van der Waals surface area (Å²) in [5, 5.41) is 2.68. The Hall–Kier alpha value is -3.22. The number of nitrogens with one attached hydrogen (secondary N) is 1. The summed E-state index contributed by atoms with van der Waals surface area (Å²) in [6.07, 6.45) is 0.488. The first-order valence-corrected chi connectivity index (χ1v) is 10.1. The number of nitrogens with zero attached hydrogens (tertiary/aromatic N) is 1. The molecule has 0 saturated carbocycles. The van der Waals surface area contributed by atoms with Crippen molar-refractivity contribution in [3.63, 3.8) is 0 Å². The molecule has 2 aromatic carbocycles. The molecule has 0 bridgehead atoms. The molecule has 0 heterocycles. The van der Waals surface area contributed by atoms with Gasteiger partial charge in [-0.2, -0.15) is 0 Å². The number of amides is 2. The van der Waals surface area contributed by atoms with Crippen LogP contribution in [0.5, 0.6) is 11.5 Å². The highest BCUT2D eigenvalue weighted by Crippen LogP contribution is 2.27. The van der Waals surface area contributed by atoms with Crippen molar-refractivity contribution in [2.24, 2.45) is 0 Å². The zero-order valence-corrected chi connectivity index (χ0v) is 19.2. The van der Waals surface area contributed by atoms with Gasteiger partial charge >= 0.3 is 6.09 Å². The number of rotatable bonds is 8. The van der Waals surface area contributed by atoms with E-state index in [1.807, 2.05) is 51.1 Å². The summed E-state index contributed by atoms with van der Waals surface area (Å²) in [7, 11) is 5.00. The summed E-state index contributed by atoms with van der Waals surface area (Å²) in [6.45, 7) is 6.02. The first-order valence-electron chi connectivity index (χ1n) is 10.1. The molecule has 0 aliphatic heterocycles. The van der Waals surface area contributed by atoms with E-state index in [2.05, 4.69) is 5.32 Å². The van der Waals surface area contributed by atoms with Crippen LogP contribution in [0.4, 0.5) is 10.5 Å². The maximum Gasteiger partial charge on any atom is 0.412 e. The van der Waals surface area contributed by atoms with E-state index in [1.165, 1.54) is 0 Å². The maximum atomic E-state index is 12.6. The Balaban J connectivity index is 1.86. The SMILES string of the molecule is COc1ccc(CCN(C)C(=O)Cc2ccc(NC(=O)OC(C)(C)C)cc2)cc1OC. The molecule has 31 heavy (non-hydrogen) atoms. The fourth-order valence-corrected chi connectivity index (χ4v) is 2.89. The fourth-order valence-electron chi connectivity index (χ4n) is 2.89. The summed E-state index contributed by atoms with van der Waals surface area (Å²) in [5.41, 5.74) is 2.00. The highest BCUT2D eigenvalue weighted by Gasteiger charge is 2.16. The molecule has 0 aliphatic rings. The van der Waals surface area contributed by atoms with Gasteiger partial charge < -0.3 is 19.1 Å². The topological polar surface area (TPSA) is 77.1 Å². The number of hydrogen-bond acceptors (Lipinski definition) is 5. The minimum Gasteiger partial charge on any atom is -0.493 e. The molecule has 1 N–H and O–H groups in total. The summed E-state index contributed by atoms with van der Waals surface area (Å²) in [6, 6.07) is 12.9. The van der Waals surface area contributed by atoms with Crippen LogP contribution in [-0.2, 0) is 22.4 Å². The van der Waals surface area contributed by atoms with Crippen LogP contribution in [0.2, 0.25) is 0 Å². The van der Waals surface area contributed by atoms with Crippen LogP contribution in [0, 0.1) is 0 Å². The van der Waals surface area contributed by atoms with E-state index >= 15 is 0 Å². The van der Waals surface area contributed by atoms with Gasteiger partial charge in [-0.15, -0.1) is 0 Å². The minimum atomic E-state index is -0.558. The van der Waals surface area contributed by atoms with Gasteiger partial charge in [0.2, 0.25) is 5.91 Å². The molecule has 0 aromatic heterocycles. The molecule has 2 rings (SSSR count). The number of benzene rings is 2. The quantitative estimate of drug-likeness (QED) is 0.679. The third-order valence-corrected chi connectivity index (χ3v) is 4.56. The minimum absolute atomic E-state index is 0.0216. The lowest BCUT2D eigenvalue weighted by atomic mass is 10.1. The van der Waals surface area contributed by atoms with E-state index in [0.29, 0.717) is 30.2 Å². The molecule has 0 saturated heterocycles. The van der Waals surface area contributed by atoms with Crippen molar-refractivity contribution in [3.05, 3.63) is 53.6 Å². The molecule has 168 valence electrons. The van der Waals surface area contributed by atoms with E-state index in [9.17, 15) is 9.59 Å². The first kappa shape index (κ1) is 24.1. The number of hydrogen-bond donors (Lipinski definition) is 1. The van der Waals surface area contributed by atoms with Gasteiger partial charge in [-0.1, -0.05) is 18.2 Å². The fraction of sp³-hybridized carbons (Fsp3) is 0.417. The predicted molar refractivity (Wildman–Crippen MR) is 121 cm³/mol. The summed E-state index contributed by atoms with van der Waals surface area (Å²) in [4.78, 5) is 26.1. The third kappa shape index (κ3) is 7.85. The second kappa shape index (κ2) is 10.7. The zero-order chi connectivity index (χ0) is 23.0. The average Bonchev–Trinajstić information content (AvgIpc) is 2.71. The number of carbonyl (C=O) groups excluding carboxylic acids is 2. The smallest absolute Gasteiger partial charge is 0.412 e. The van der Waals surface area contributed by atoms with Gasteiger partial charge in [0, 0.05) is 19.3 Å². The number of ether oxygens (including phenoxy) is 3. The lowest BCUT2D eigenvalue weighted by Crippen LogP contribution is -2.30. The van der Waals surface area contributed by atoms with Crippen LogP contribution in [0.15, 0.2) is 42.5 Å². The molecule has 0 atom stereocenters. The maximum absolute atomic E-state index is 12.6. The van der Waals surface area contributed by atoms with Crippen molar-refractivity contribution in [1.82, 2.24) is 4.90 Å². The van der Waals surface area contributed by atoms with Crippen molar-refractivity contribution >= 4 is 17.7 Å². The molecule has 0 radical (unpaired) electrons. The highest BCUT2D eigenvalue weighted by molar-refractivity contribution is 5.85. The van der Waals surface area contributed by atoms with Gasteiger partial charge in [0.1, 0.15) is 5.60 Å². The van der Waals surface area contributed by atoms with E-state index in [4.69, 9.17) is 14.2 Å². The molecule has 0 aliphatic carbocycles. The van der Waals surface area contributed by atoms with Gasteiger partial charge in [0.15, 0.2) is 11.5 Å². The highest BCUT2D eigenvalue weighted by atomic mass is 16.6. The molecule has 2 aromatic rings. The van der Waals surface area contributed by atoms with Crippen molar-refractivity contribution in [3.8, 4) is 11.5 Å². The Bertz CT molecular complexity index is 888. The van der Waals surface area contributed by atoms with Crippen LogP contribution in [0.25, 0.3) is 0 Å². The standard InChI is InChI=1S/C24H32N2O5/c1-24(2,3)31-23(28)25-19-10-7-17(8-11-19)16-22(27)26(4)14-13-18-9-12-20(29-5)21(15-18)30-6/h7-12,15H,13-14,16H2,1-6H3,(H,25,28). The Morgan fingerprint density at radius 3 is 2.13 bits per heavy atom. The normalized spacial score (nSPS) is 10.9. The Labute approximate surface area is 184 Å². The van der Waals surface area contributed by atoms with Crippen LogP contribution in [0.1, 0.15) is 31.9 Å². The van der Waals surface area contributed by atoms with E-state index < -0.39 is 11.7 Å². The van der Waals surface area contributed by atoms with Crippen LogP contribution in [0.3, 0.4) is 0 Å². The van der Waals surface area contributed by atoms with Gasteiger partial charge in [-0.05, 0) is 62.6 Å². The van der Waals surface area contributed by atoms with Crippen molar-refractivity contribution < 1.29 is 23.8 Å². The molecule has 0 spiro atoms. The molecule has 0 fully saturated rings. The molecular formula is C24H32N2O5. The predicted octanol–water partition coefficient (Wildman–Crippen LogP) is 4.29. The van der Waals surface area contributed by atoms with Crippen molar-refractivity contribution in [1.29, 1.82) is 0 Å². The van der Waals surface area contributed by atoms with Gasteiger partial charge in [0.05, 0.1) is 20.6 Å². The largest absolute Gasteiger partial charge is 0.493 e. The Morgan fingerprint density at radius 2 is 1.55 bits per heavy atom. The lowest BCUT2D eigenvalue weighted by molar-refractivity contribution is -0.129. The summed E-state index contributed by atoms with van der Waals surface area (Å²) < 4.78 is 15.8. The van der Waals surface area contributed by atoms with E-state index in [1.54, 1.807) is 38.3 Å². The monoisotopic (exact) mass is 428 g/mol. The van der Waals surface area contributed by atoms with Crippen molar-refractivity contribution in [2.45, 2.75) is 39.2 Å². The molecule has 7 nitrogen and oxygen atoms in total. The summed E-state index contributed by atoms with van der Waals surface area (Å²) >= 11 is 0. The molecule has 2 amide bonds. The van der Waals surface area contributed by atoms with E-state index in [-0.39, 0.29) is 12.3 Å². The summed E-state index contributed by atoms with van der Waals surface area (Å²) in [5.74, 6) is 1.38. The van der Waals surface area contributed by atoms with Gasteiger partial charge in [-0.25, -0.2) is 4.79 Å². The Kier molecular flexibility index (Phi) is 8.30. The molecular weight excluding hydrogens is 396 g/mol. The number of methoxy groups -OCH3 is 2. The third-order valence-electron chi connectivity index (χ3n) is 4.56. The Morgan fingerprint density at radius 1 is 0.935 bits per heavy atom. The van der Waals surface area contributed by atoms with E-state index in [0.717, 1.165) is 11.1 Å². The molecule has 7 heteroatoms. The second-order valence-corrected chi connectivity index (χ2v) is 8.26. The van der Waals surface area contributed by atoms with Gasteiger partial charge in [0.25, 0.3) is 0 Å². The number of anilines is 1. The zero-order valence-electron chi connectivity index (χ0n) is 19.2. The van der Waals surface area contributed by atoms with Crippen LogP contribution < -0.4 is 14.8 Å². The number of likely N-dealkylation sites (N-methyl/N-ethyl adjacent to an activating group) is 1. The molecule has 0 unspecified atom stereocenters. The van der Waals surface area contributed by atoms with Gasteiger partial charge in [-0.3, -0.25) is 10.1 Å². The van der Waals surface area contributed by atoms with Crippen LogP contribution in [-0.4, -0.2) is 50.3 Å². The first-order chi connectivity index (χ1) is 14.6.